The van der Waals surface area contributed by atoms with Crippen LogP contribution in [-0.4, -0.2) is 21.3 Å². The average molecular weight is 450 g/mol. The van der Waals surface area contributed by atoms with Crippen LogP contribution in [-0.2, 0) is 18.0 Å². The molecule has 29 heavy (non-hydrogen) atoms. The van der Waals surface area contributed by atoms with E-state index in [9.17, 15) is 14.0 Å². The third-order valence-electron chi connectivity index (χ3n) is 7.03. The van der Waals surface area contributed by atoms with E-state index in [1.54, 1.807) is 6.08 Å². The maximum Gasteiger partial charge on any atom is 0.481 e. The standard InChI is InChI=1S/C20H36O7P2/c1-15(11-14-26-29(24,25)27-28(21,22)23)7-9-17-16(2)8-10-18-19(3,4)12-6-13-20(17,18)5/h11,17-18H,2,6-10,12-14H2,1,3-5H3,(H,24,25)(H2,21,22,23)/b15-11-/t17-,18+,20+/m0/s1. The molecule has 2 aliphatic rings. The molecular formula is C20H36O7P2. The Morgan fingerprint density at radius 1 is 1.24 bits per heavy atom. The number of hydrogen-bond acceptors (Lipinski definition) is 4. The van der Waals surface area contributed by atoms with Gasteiger partial charge in [-0.1, -0.05) is 51.0 Å². The van der Waals surface area contributed by atoms with Crippen molar-refractivity contribution in [2.45, 2.75) is 72.6 Å². The van der Waals surface area contributed by atoms with Crippen LogP contribution in [0.1, 0.15) is 72.6 Å². The molecule has 9 heteroatoms. The molecule has 0 heterocycles. The molecule has 2 fully saturated rings. The Kier molecular flexibility index (Phi) is 7.83. The summed E-state index contributed by atoms with van der Waals surface area (Å²) in [5.41, 5.74) is 2.94. The predicted molar refractivity (Wildman–Crippen MR) is 113 cm³/mol. The van der Waals surface area contributed by atoms with Crippen LogP contribution in [0.25, 0.3) is 0 Å². The predicted octanol–water partition coefficient (Wildman–Crippen LogP) is 5.74. The normalized spacial score (nSPS) is 32.5. The molecule has 2 rings (SSSR count). The minimum atomic E-state index is -5.09. The summed E-state index contributed by atoms with van der Waals surface area (Å²) in [6, 6.07) is 0. The van der Waals surface area contributed by atoms with Crippen LogP contribution in [0.15, 0.2) is 23.8 Å². The molecule has 0 amide bonds. The minimum absolute atomic E-state index is 0.252. The summed E-state index contributed by atoms with van der Waals surface area (Å²) < 4.78 is 30.6. The Hall–Kier alpha value is -0.260. The molecule has 0 aliphatic heterocycles. The first-order valence-corrected chi connectivity index (χ1v) is 13.3. The molecule has 4 atom stereocenters. The van der Waals surface area contributed by atoms with Gasteiger partial charge in [-0.25, -0.2) is 9.13 Å². The van der Waals surface area contributed by atoms with Crippen molar-refractivity contribution < 1.29 is 32.6 Å². The maximum absolute atomic E-state index is 11.5. The van der Waals surface area contributed by atoms with Gasteiger partial charge in [0.2, 0.25) is 0 Å². The van der Waals surface area contributed by atoms with Gasteiger partial charge >= 0.3 is 15.6 Å². The van der Waals surface area contributed by atoms with Gasteiger partial charge in [-0.3, -0.25) is 4.52 Å². The van der Waals surface area contributed by atoms with E-state index in [1.165, 1.54) is 31.3 Å². The molecule has 3 N–H and O–H groups in total. The van der Waals surface area contributed by atoms with Gasteiger partial charge in [0, 0.05) is 0 Å². The molecule has 0 spiro atoms. The largest absolute Gasteiger partial charge is 0.481 e. The Labute approximate surface area is 174 Å². The van der Waals surface area contributed by atoms with Gasteiger partial charge in [-0.05, 0) is 68.1 Å². The van der Waals surface area contributed by atoms with E-state index in [0.717, 1.165) is 24.8 Å². The average Bonchev–Trinajstić information content (AvgIpc) is 2.50. The van der Waals surface area contributed by atoms with Crippen molar-refractivity contribution in [3.8, 4) is 0 Å². The first-order valence-electron chi connectivity index (χ1n) is 10.2. The van der Waals surface area contributed by atoms with E-state index < -0.39 is 15.6 Å². The number of phosphoric acid groups is 2. The highest BCUT2D eigenvalue weighted by Gasteiger charge is 2.52. The van der Waals surface area contributed by atoms with Crippen molar-refractivity contribution in [2.75, 3.05) is 6.61 Å². The molecular weight excluding hydrogens is 414 g/mol. The zero-order valence-electron chi connectivity index (χ0n) is 18.0. The number of fused-ring (bicyclic) bond motifs is 1. The Balaban J connectivity index is 1.97. The molecule has 1 unspecified atom stereocenters. The molecule has 0 aromatic heterocycles. The minimum Gasteiger partial charge on any atom is -0.302 e. The monoisotopic (exact) mass is 450 g/mol. The third kappa shape index (κ3) is 6.61. The smallest absolute Gasteiger partial charge is 0.302 e. The van der Waals surface area contributed by atoms with E-state index in [2.05, 4.69) is 36.2 Å². The fourth-order valence-electron chi connectivity index (χ4n) is 5.71. The van der Waals surface area contributed by atoms with Crippen LogP contribution in [0.5, 0.6) is 0 Å². The highest BCUT2D eigenvalue weighted by atomic mass is 31.3. The molecule has 2 saturated carbocycles. The summed E-state index contributed by atoms with van der Waals surface area (Å²) in [6.45, 7) is 13.3. The molecule has 2 aliphatic carbocycles. The lowest BCUT2D eigenvalue weighted by Crippen LogP contribution is -2.49. The quantitative estimate of drug-likeness (QED) is 0.319. The van der Waals surface area contributed by atoms with Crippen LogP contribution in [0, 0.1) is 22.7 Å². The van der Waals surface area contributed by atoms with Crippen molar-refractivity contribution >= 4 is 15.6 Å². The van der Waals surface area contributed by atoms with Gasteiger partial charge < -0.3 is 14.7 Å². The highest BCUT2D eigenvalue weighted by Crippen LogP contribution is 2.62. The zero-order chi connectivity index (χ0) is 22.1. The van der Waals surface area contributed by atoms with Crippen LogP contribution in [0.2, 0.25) is 0 Å². The van der Waals surface area contributed by atoms with E-state index in [-0.39, 0.29) is 12.0 Å². The van der Waals surface area contributed by atoms with E-state index >= 15 is 0 Å². The van der Waals surface area contributed by atoms with Crippen LogP contribution in [0.3, 0.4) is 0 Å². The molecule has 0 saturated heterocycles. The lowest BCUT2D eigenvalue weighted by Gasteiger charge is -2.58. The molecule has 0 aromatic rings. The topological polar surface area (TPSA) is 113 Å². The van der Waals surface area contributed by atoms with Crippen LogP contribution < -0.4 is 0 Å². The van der Waals surface area contributed by atoms with Gasteiger partial charge in [0.25, 0.3) is 0 Å². The van der Waals surface area contributed by atoms with E-state index in [4.69, 9.17) is 9.79 Å². The van der Waals surface area contributed by atoms with Crippen molar-refractivity contribution in [3.05, 3.63) is 23.8 Å². The van der Waals surface area contributed by atoms with Crippen molar-refractivity contribution in [1.82, 2.24) is 0 Å². The third-order valence-corrected chi connectivity index (χ3v) is 9.18. The SMILES string of the molecule is C=C1CC[C@@H]2C(C)(C)CCC[C@]2(C)[C@H]1CC/C(C)=C\COP(=O)(O)OP(=O)(O)O. The zero-order valence-corrected chi connectivity index (χ0v) is 19.8. The molecule has 0 bridgehead atoms. The molecule has 0 aromatic carbocycles. The van der Waals surface area contributed by atoms with Gasteiger partial charge in [0.1, 0.15) is 0 Å². The van der Waals surface area contributed by atoms with E-state index in [1.807, 2.05) is 6.92 Å². The summed E-state index contributed by atoms with van der Waals surface area (Å²) in [6.07, 6.45) is 9.48. The van der Waals surface area contributed by atoms with Crippen molar-refractivity contribution in [2.24, 2.45) is 22.7 Å². The molecule has 168 valence electrons. The summed E-state index contributed by atoms with van der Waals surface area (Å²) in [5, 5.41) is 0. The van der Waals surface area contributed by atoms with Crippen LogP contribution >= 0.6 is 15.6 Å². The molecule has 0 radical (unpaired) electrons. The fraction of sp³-hybridized carbons (Fsp3) is 0.800. The second-order valence-electron chi connectivity index (χ2n) is 9.58. The Morgan fingerprint density at radius 3 is 2.52 bits per heavy atom. The fourth-order valence-corrected chi connectivity index (χ4v) is 7.24. The van der Waals surface area contributed by atoms with Crippen molar-refractivity contribution in [1.29, 1.82) is 0 Å². The lowest BCUT2D eigenvalue weighted by atomic mass is 9.47. The lowest BCUT2D eigenvalue weighted by molar-refractivity contribution is -0.0539. The summed E-state index contributed by atoms with van der Waals surface area (Å²) in [5.74, 6) is 1.14. The van der Waals surface area contributed by atoms with Crippen molar-refractivity contribution in [3.63, 3.8) is 0 Å². The Morgan fingerprint density at radius 2 is 1.90 bits per heavy atom. The van der Waals surface area contributed by atoms with E-state index in [0.29, 0.717) is 17.3 Å². The summed E-state index contributed by atoms with van der Waals surface area (Å²) in [7, 11) is -9.88. The second-order valence-corrected chi connectivity index (χ2v) is 12.4. The van der Waals surface area contributed by atoms with Gasteiger partial charge in [0.15, 0.2) is 0 Å². The van der Waals surface area contributed by atoms with Crippen LogP contribution in [0.4, 0.5) is 0 Å². The maximum atomic E-state index is 11.5. The van der Waals surface area contributed by atoms with Gasteiger partial charge in [0.05, 0.1) is 6.61 Å². The van der Waals surface area contributed by atoms with Gasteiger partial charge in [-0.15, -0.1) is 0 Å². The number of phosphoric ester groups is 1. The first-order chi connectivity index (χ1) is 13.2. The molecule has 7 nitrogen and oxygen atoms in total. The first kappa shape index (κ1) is 25.0. The van der Waals surface area contributed by atoms with Gasteiger partial charge in [-0.2, -0.15) is 4.31 Å². The number of rotatable bonds is 8. The summed E-state index contributed by atoms with van der Waals surface area (Å²) in [4.78, 5) is 26.6. The highest BCUT2D eigenvalue weighted by molar-refractivity contribution is 7.60. The summed E-state index contributed by atoms with van der Waals surface area (Å²) >= 11 is 0. The number of allylic oxidation sites excluding steroid dienone is 2. The second kappa shape index (κ2) is 9.08. The Bertz CT molecular complexity index is 739. The number of hydrogen-bond donors (Lipinski definition) is 3.